The number of rotatable bonds is 4. The maximum absolute atomic E-state index is 11.7. The van der Waals surface area contributed by atoms with Crippen molar-refractivity contribution in [2.24, 2.45) is 0 Å². The van der Waals surface area contributed by atoms with Gasteiger partial charge in [0.15, 0.2) is 11.5 Å². The molecule has 5 rings (SSSR count). The molecule has 1 aromatic heterocycles. The van der Waals surface area contributed by atoms with E-state index in [1.54, 1.807) is 36.7 Å². The first kappa shape index (κ1) is 23.8. The summed E-state index contributed by atoms with van der Waals surface area (Å²) in [5.41, 5.74) is 6.39. The Bertz CT molecular complexity index is 1480. The van der Waals surface area contributed by atoms with E-state index in [4.69, 9.17) is 14.2 Å². The fraction of sp³-hybridized carbons (Fsp3) is 0.207. The Labute approximate surface area is 214 Å². The molecule has 0 aliphatic carbocycles. The monoisotopic (exact) mass is 501 g/mol. The molecular formula is C29H27NO5S. The van der Waals surface area contributed by atoms with E-state index in [1.807, 2.05) is 23.6 Å². The van der Waals surface area contributed by atoms with Gasteiger partial charge in [0, 0.05) is 33.3 Å². The van der Waals surface area contributed by atoms with Gasteiger partial charge in [-0.25, -0.2) is 4.79 Å². The van der Waals surface area contributed by atoms with Gasteiger partial charge in [-0.3, -0.25) is 0 Å². The summed E-state index contributed by atoms with van der Waals surface area (Å²) in [6.07, 6.45) is 7.35. The highest BCUT2D eigenvalue weighted by Crippen LogP contribution is 2.54. The van der Waals surface area contributed by atoms with Gasteiger partial charge in [-0.1, -0.05) is 12.1 Å². The van der Waals surface area contributed by atoms with Crippen LogP contribution in [0.15, 0.2) is 47.9 Å². The second kappa shape index (κ2) is 8.91. The Morgan fingerprint density at radius 2 is 1.92 bits per heavy atom. The van der Waals surface area contributed by atoms with E-state index in [1.165, 1.54) is 13.2 Å². The van der Waals surface area contributed by atoms with Crippen molar-refractivity contribution in [2.45, 2.75) is 26.3 Å². The average Bonchev–Trinajstić information content (AvgIpc) is 3.28. The van der Waals surface area contributed by atoms with Crippen molar-refractivity contribution in [3.8, 4) is 28.4 Å². The van der Waals surface area contributed by atoms with E-state index in [9.17, 15) is 9.90 Å². The zero-order chi connectivity index (χ0) is 25.6. The minimum atomic E-state index is -0.414. The molecule has 0 atom stereocenters. The van der Waals surface area contributed by atoms with Crippen LogP contribution in [0, 0.1) is 0 Å². The third kappa shape index (κ3) is 4.05. The van der Waals surface area contributed by atoms with Crippen LogP contribution in [0.1, 0.15) is 42.3 Å². The van der Waals surface area contributed by atoms with Gasteiger partial charge in [-0.2, -0.15) is 0 Å². The van der Waals surface area contributed by atoms with Crippen molar-refractivity contribution in [1.82, 2.24) is 0 Å². The van der Waals surface area contributed by atoms with Crippen LogP contribution in [0.3, 0.4) is 0 Å². The zero-order valence-electron chi connectivity index (χ0n) is 20.8. The van der Waals surface area contributed by atoms with Gasteiger partial charge in [0.25, 0.3) is 0 Å². The molecule has 0 fully saturated rings. The molecule has 2 aliphatic rings. The lowest BCUT2D eigenvalue weighted by molar-refractivity contribution is -0.134. The molecule has 0 saturated carbocycles. The number of aromatic hydroxyl groups is 1. The van der Waals surface area contributed by atoms with Gasteiger partial charge in [0.1, 0.15) is 11.5 Å². The van der Waals surface area contributed by atoms with Crippen molar-refractivity contribution in [3.05, 3.63) is 69.4 Å². The lowest BCUT2D eigenvalue weighted by atomic mass is 9.83. The summed E-state index contributed by atoms with van der Waals surface area (Å²) >= 11 is 1.55. The van der Waals surface area contributed by atoms with Gasteiger partial charge in [0.2, 0.25) is 0 Å². The molecule has 2 aliphatic heterocycles. The smallest absolute Gasteiger partial charge is 0.330 e. The maximum atomic E-state index is 11.7. The van der Waals surface area contributed by atoms with Crippen molar-refractivity contribution >= 4 is 46.5 Å². The molecule has 0 spiro atoms. The molecular weight excluding hydrogens is 474 g/mol. The van der Waals surface area contributed by atoms with Gasteiger partial charge >= 0.3 is 5.97 Å². The van der Waals surface area contributed by atoms with Gasteiger partial charge in [0.05, 0.1) is 25.3 Å². The van der Waals surface area contributed by atoms with E-state index >= 15 is 0 Å². The Kier molecular flexibility index (Phi) is 5.88. The number of carbonyl (C=O) groups excluding carboxylic acids is 1. The lowest BCUT2D eigenvalue weighted by Crippen LogP contribution is -2.32. The quantitative estimate of drug-likeness (QED) is 0.302. The predicted octanol–water partition coefficient (Wildman–Crippen LogP) is 6.81. The molecule has 0 saturated heterocycles. The zero-order valence-corrected chi connectivity index (χ0v) is 21.6. The highest BCUT2D eigenvalue weighted by Gasteiger charge is 2.33. The summed E-state index contributed by atoms with van der Waals surface area (Å²) in [7, 11) is 2.90. The van der Waals surface area contributed by atoms with Crippen molar-refractivity contribution < 1.29 is 24.1 Å². The summed E-state index contributed by atoms with van der Waals surface area (Å²) in [6.45, 7) is 6.37. The fourth-order valence-electron chi connectivity index (χ4n) is 4.88. The molecule has 36 heavy (non-hydrogen) atoms. The molecule has 3 aromatic rings. The molecule has 0 unspecified atom stereocenters. The molecule has 7 heteroatoms. The first-order valence-electron chi connectivity index (χ1n) is 11.5. The number of carbonyl (C=O) groups is 1. The van der Waals surface area contributed by atoms with E-state index in [0.717, 1.165) is 38.4 Å². The van der Waals surface area contributed by atoms with Crippen LogP contribution in [-0.2, 0) is 9.53 Å². The second-order valence-corrected chi connectivity index (χ2v) is 10.2. The van der Waals surface area contributed by atoms with Gasteiger partial charge in [-0.15, -0.1) is 11.3 Å². The van der Waals surface area contributed by atoms with E-state index in [-0.39, 0.29) is 11.3 Å². The normalized spacial score (nSPS) is 16.4. The maximum Gasteiger partial charge on any atom is 0.330 e. The predicted molar refractivity (Wildman–Crippen MR) is 145 cm³/mol. The second-order valence-electron chi connectivity index (χ2n) is 9.28. The first-order valence-corrected chi connectivity index (χ1v) is 12.4. The first-order chi connectivity index (χ1) is 17.2. The highest BCUT2D eigenvalue weighted by atomic mass is 32.1. The average molecular weight is 502 g/mol. The highest BCUT2D eigenvalue weighted by molar-refractivity contribution is 7.11. The number of allylic oxidation sites excluding steroid dienone is 1. The van der Waals surface area contributed by atoms with E-state index < -0.39 is 5.97 Å². The number of nitrogens with one attached hydrogen (secondary N) is 1. The third-order valence-electron chi connectivity index (χ3n) is 6.26. The molecule has 0 radical (unpaired) electrons. The minimum Gasteiger partial charge on any atom is -0.504 e. The number of phenols is 1. The van der Waals surface area contributed by atoms with Crippen LogP contribution in [0.25, 0.3) is 34.6 Å². The number of ether oxygens (including phenoxy) is 3. The number of benzene rings is 2. The molecule has 0 bridgehead atoms. The van der Waals surface area contributed by atoms with Gasteiger partial charge < -0.3 is 24.6 Å². The number of fused-ring (bicyclic) bond motifs is 5. The number of hydrogen-bond donors (Lipinski definition) is 2. The summed E-state index contributed by atoms with van der Waals surface area (Å²) in [6, 6.07) is 9.38. The summed E-state index contributed by atoms with van der Waals surface area (Å²) in [4.78, 5) is 12.6. The minimum absolute atomic E-state index is 0.0518. The van der Waals surface area contributed by atoms with Crippen molar-refractivity contribution in [1.29, 1.82) is 0 Å². The largest absolute Gasteiger partial charge is 0.504 e. The van der Waals surface area contributed by atoms with Crippen LogP contribution < -0.4 is 14.8 Å². The Hall–Kier alpha value is -3.97. The van der Waals surface area contributed by atoms with Crippen molar-refractivity contribution in [3.63, 3.8) is 0 Å². The number of anilines is 1. The molecule has 6 nitrogen and oxygen atoms in total. The number of thiophene rings is 1. The molecule has 0 amide bonds. The lowest BCUT2D eigenvalue weighted by Gasteiger charge is -2.35. The number of phenolic OH excluding ortho intramolecular Hbond substituents is 1. The standard InChI is InChI=1S/C29H27NO5S/c1-16-15-29(2,3)30-19-8-7-18-26(25(16)19)22(35-21-10-9-20(31)28(34-5)27(18)21)14-23-17(12-13-36-23)6-11-24(32)33-4/h6-15,30-31H,1-5H3/b11-6+,22-14-. The fourth-order valence-corrected chi connectivity index (χ4v) is 5.69. The molecule has 3 heterocycles. The van der Waals surface area contributed by atoms with E-state index in [0.29, 0.717) is 22.8 Å². The number of esters is 1. The van der Waals surface area contributed by atoms with Crippen LogP contribution in [0.4, 0.5) is 5.69 Å². The number of methoxy groups -OCH3 is 2. The van der Waals surface area contributed by atoms with Crippen molar-refractivity contribution in [2.75, 3.05) is 19.5 Å². The van der Waals surface area contributed by atoms with Crippen LogP contribution in [-0.4, -0.2) is 30.8 Å². The summed E-state index contributed by atoms with van der Waals surface area (Å²) in [5.74, 6) is 1.28. The van der Waals surface area contributed by atoms with Crippen LogP contribution >= 0.6 is 11.3 Å². The number of hydrogen-bond acceptors (Lipinski definition) is 7. The molecule has 2 aromatic carbocycles. The topological polar surface area (TPSA) is 77.0 Å². The van der Waals surface area contributed by atoms with Crippen LogP contribution in [0.5, 0.6) is 17.2 Å². The molecule has 2 N–H and O–H groups in total. The Morgan fingerprint density at radius 3 is 2.67 bits per heavy atom. The third-order valence-corrected chi connectivity index (χ3v) is 7.14. The van der Waals surface area contributed by atoms with Crippen LogP contribution in [0.2, 0.25) is 0 Å². The summed E-state index contributed by atoms with van der Waals surface area (Å²) < 4.78 is 16.8. The Morgan fingerprint density at radius 1 is 1.11 bits per heavy atom. The van der Waals surface area contributed by atoms with Gasteiger partial charge in [-0.05, 0) is 73.7 Å². The molecule has 184 valence electrons. The Balaban J connectivity index is 1.76. The van der Waals surface area contributed by atoms with E-state index in [2.05, 4.69) is 38.2 Å². The summed E-state index contributed by atoms with van der Waals surface area (Å²) in [5, 5.41) is 16.1. The SMILES string of the molecule is COC(=O)/C=C/c1ccsc1/C=C1\Oc2ccc(O)c(OC)c2-c2ccc3c(c21)C(C)=CC(C)(C)N3.